The number of benzene rings is 1. The molecule has 0 amide bonds. The monoisotopic (exact) mass is 243 g/mol. The summed E-state index contributed by atoms with van der Waals surface area (Å²) in [5.74, 6) is 0.748. The predicted molar refractivity (Wildman–Crippen MR) is 69.3 cm³/mol. The van der Waals surface area contributed by atoms with Crippen LogP contribution in [0.15, 0.2) is 34.7 Å². The van der Waals surface area contributed by atoms with Gasteiger partial charge in [0, 0.05) is 18.0 Å². The van der Waals surface area contributed by atoms with Crippen LogP contribution in [0.25, 0.3) is 11.0 Å². The first-order valence-corrected chi connectivity index (χ1v) is 6.73. The van der Waals surface area contributed by atoms with Crippen molar-refractivity contribution in [1.82, 2.24) is 4.90 Å². The Morgan fingerprint density at radius 1 is 1.28 bits per heavy atom. The molecule has 2 unspecified atom stereocenters. The van der Waals surface area contributed by atoms with Gasteiger partial charge < -0.3 is 9.52 Å². The molecule has 2 aliphatic rings. The maximum atomic E-state index is 11.0. The van der Waals surface area contributed by atoms with Crippen molar-refractivity contribution in [1.29, 1.82) is 0 Å². The zero-order valence-electron chi connectivity index (χ0n) is 10.3. The summed E-state index contributed by atoms with van der Waals surface area (Å²) in [5, 5.41) is 12.1. The molecule has 0 aliphatic carbocycles. The third-order valence-electron chi connectivity index (χ3n) is 4.55. The lowest BCUT2D eigenvalue weighted by Gasteiger charge is -2.27. The van der Waals surface area contributed by atoms with Crippen molar-refractivity contribution in [3.8, 4) is 0 Å². The molecular formula is C15H17NO2. The van der Waals surface area contributed by atoms with Crippen molar-refractivity contribution in [2.24, 2.45) is 0 Å². The number of hydrogen-bond donors (Lipinski definition) is 1. The Morgan fingerprint density at radius 2 is 2.17 bits per heavy atom. The molecule has 2 aliphatic heterocycles. The average Bonchev–Trinajstić information content (AvgIpc) is 3.06. The second kappa shape index (κ2) is 3.59. The summed E-state index contributed by atoms with van der Waals surface area (Å²) in [6.07, 6.45) is 3.05. The van der Waals surface area contributed by atoms with Gasteiger partial charge in [-0.25, -0.2) is 0 Å². The number of aliphatic hydroxyl groups is 1. The van der Waals surface area contributed by atoms with Crippen LogP contribution in [-0.2, 0) is 5.60 Å². The molecular weight excluding hydrogens is 226 g/mol. The van der Waals surface area contributed by atoms with Gasteiger partial charge in [0.05, 0.1) is 0 Å². The van der Waals surface area contributed by atoms with Crippen molar-refractivity contribution >= 4 is 11.0 Å². The highest BCUT2D eigenvalue weighted by atomic mass is 16.4. The first kappa shape index (κ1) is 10.6. The zero-order valence-corrected chi connectivity index (χ0v) is 10.3. The maximum absolute atomic E-state index is 11.0. The first-order valence-electron chi connectivity index (χ1n) is 6.73. The molecule has 0 saturated carbocycles. The van der Waals surface area contributed by atoms with E-state index < -0.39 is 5.60 Å². The van der Waals surface area contributed by atoms with Crippen LogP contribution in [0.2, 0.25) is 0 Å². The minimum absolute atomic E-state index is 0.248. The Hall–Kier alpha value is -1.32. The molecule has 0 radical (unpaired) electrons. The third-order valence-corrected chi connectivity index (χ3v) is 4.55. The molecule has 0 spiro atoms. The van der Waals surface area contributed by atoms with Gasteiger partial charge in [-0.05, 0) is 37.9 Å². The predicted octanol–water partition coefficient (Wildman–Crippen LogP) is 2.49. The van der Waals surface area contributed by atoms with E-state index in [4.69, 9.17) is 4.42 Å². The van der Waals surface area contributed by atoms with E-state index in [-0.39, 0.29) is 6.04 Å². The average molecular weight is 243 g/mol. The molecule has 1 aromatic heterocycles. The van der Waals surface area contributed by atoms with Gasteiger partial charge in [0.15, 0.2) is 0 Å². The van der Waals surface area contributed by atoms with Crippen LogP contribution in [0.3, 0.4) is 0 Å². The molecule has 18 heavy (non-hydrogen) atoms. The molecule has 1 N–H and O–H groups in total. The van der Waals surface area contributed by atoms with Crippen LogP contribution in [0.5, 0.6) is 0 Å². The molecule has 94 valence electrons. The Bertz CT molecular complexity index is 558. The van der Waals surface area contributed by atoms with E-state index in [1.807, 2.05) is 30.3 Å². The minimum Gasteiger partial charge on any atom is -0.458 e. The summed E-state index contributed by atoms with van der Waals surface area (Å²) in [6.45, 7) is 2.10. The Labute approximate surface area is 106 Å². The smallest absolute Gasteiger partial charge is 0.139 e. The lowest BCUT2D eigenvalue weighted by Crippen LogP contribution is -2.38. The summed E-state index contributed by atoms with van der Waals surface area (Å²) < 4.78 is 5.89. The SMILES string of the molecule is OC1(c2cc3ccccc3o2)CCN2CCCC21. The van der Waals surface area contributed by atoms with Crippen molar-refractivity contribution in [3.05, 3.63) is 36.1 Å². The molecule has 3 heteroatoms. The molecule has 2 atom stereocenters. The van der Waals surface area contributed by atoms with Crippen LogP contribution < -0.4 is 0 Å². The fourth-order valence-electron chi connectivity index (χ4n) is 3.60. The molecule has 3 heterocycles. The van der Waals surface area contributed by atoms with Crippen molar-refractivity contribution in [3.63, 3.8) is 0 Å². The van der Waals surface area contributed by atoms with Gasteiger partial charge in [0.2, 0.25) is 0 Å². The van der Waals surface area contributed by atoms with Gasteiger partial charge in [-0.1, -0.05) is 18.2 Å². The number of fused-ring (bicyclic) bond motifs is 2. The van der Waals surface area contributed by atoms with E-state index in [9.17, 15) is 5.11 Å². The van der Waals surface area contributed by atoms with Crippen LogP contribution >= 0.6 is 0 Å². The topological polar surface area (TPSA) is 36.6 Å². The standard InChI is InChI=1S/C15H17NO2/c17-15(7-9-16-8-3-6-13(15)16)14-10-11-4-1-2-5-12(11)18-14/h1-2,4-5,10,13,17H,3,6-9H2. The van der Waals surface area contributed by atoms with Crippen LogP contribution in [0.1, 0.15) is 25.0 Å². The second-order valence-electron chi connectivity index (χ2n) is 5.52. The first-order chi connectivity index (χ1) is 8.77. The van der Waals surface area contributed by atoms with E-state index in [2.05, 4.69) is 4.90 Å². The van der Waals surface area contributed by atoms with E-state index >= 15 is 0 Å². The summed E-state index contributed by atoms with van der Waals surface area (Å²) in [4.78, 5) is 2.40. The third kappa shape index (κ3) is 1.32. The van der Waals surface area contributed by atoms with Gasteiger partial charge in [0.25, 0.3) is 0 Å². The molecule has 4 rings (SSSR count). The molecule has 2 saturated heterocycles. The van der Waals surface area contributed by atoms with Gasteiger partial charge in [-0.2, -0.15) is 0 Å². The fourth-order valence-corrected chi connectivity index (χ4v) is 3.60. The highest BCUT2D eigenvalue weighted by Gasteiger charge is 2.51. The number of hydrogen-bond acceptors (Lipinski definition) is 3. The van der Waals surface area contributed by atoms with Crippen molar-refractivity contribution in [2.45, 2.75) is 30.9 Å². The number of nitrogens with zero attached hydrogens (tertiary/aromatic N) is 1. The van der Waals surface area contributed by atoms with E-state index in [0.29, 0.717) is 0 Å². The summed E-state index contributed by atoms with van der Waals surface area (Å²) >= 11 is 0. The maximum Gasteiger partial charge on any atom is 0.139 e. The summed E-state index contributed by atoms with van der Waals surface area (Å²) in [7, 11) is 0. The minimum atomic E-state index is -0.782. The highest BCUT2D eigenvalue weighted by Crippen LogP contribution is 2.44. The quantitative estimate of drug-likeness (QED) is 0.836. The fraction of sp³-hybridized carbons (Fsp3) is 0.467. The molecule has 3 nitrogen and oxygen atoms in total. The Kier molecular flexibility index (Phi) is 2.11. The van der Waals surface area contributed by atoms with E-state index in [1.54, 1.807) is 0 Å². The molecule has 0 bridgehead atoms. The number of para-hydroxylation sites is 1. The van der Waals surface area contributed by atoms with Gasteiger partial charge >= 0.3 is 0 Å². The zero-order chi connectivity index (χ0) is 12.2. The highest BCUT2D eigenvalue weighted by molar-refractivity contribution is 5.78. The van der Waals surface area contributed by atoms with Gasteiger partial charge in [-0.3, -0.25) is 4.90 Å². The van der Waals surface area contributed by atoms with E-state index in [0.717, 1.165) is 42.7 Å². The molecule has 1 aromatic carbocycles. The van der Waals surface area contributed by atoms with Crippen LogP contribution in [0.4, 0.5) is 0 Å². The van der Waals surface area contributed by atoms with Crippen molar-refractivity contribution < 1.29 is 9.52 Å². The summed E-state index contributed by atoms with van der Waals surface area (Å²) in [5.41, 5.74) is 0.0903. The van der Waals surface area contributed by atoms with Gasteiger partial charge in [-0.15, -0.1) is 0 Å². The Balaban J connectivity index is 1.81. The molecule has 2 fully saturated rings. The van der Waals surface area contributed by atoms with Crippen LogP contribution in [0, 0.1) is 0 Å². The van der Waals surface area contributed by atoms with Gasteiger partial charge in [0.1, 0.15) is 16.9 Å². The summed E-state index contributed by atoms with van der Waals surface area (Å²) in [6, 6.07) is 10.2. The largest absolute Gasteiger partial charge is 0.458 e. The molecule has 2 aromatic rings. The number of furan rings is 1. The number of rotatable bonds is 1. The Morgan fingerprint density at radius 3 is 3.06 bits per heavy atom. The lowest BCUT2D eigenvalue weighted by molar-refractivity contribution is -0.00880. The lowest BCUT2D eigenvalue weighted by atomic mass is 9.90. The normalized spacial score (nSPS) is 32.2. The second-order valence-corrected chi connectivity index (χ2v) is 5.52. The van der Waals surface area contributed by atoms with Crippen LogP contribution in [-0.4, -0.2) is 29.1 Å². The van der Waals surface area contributed by atoms with Crippen molar-refractivity contribution in [2.75, 3.05) is 13.1 Å². The van der Waals surface area contributed by atoms with E-state index in [1.165, 1.54) is 6.42 Å².